The molecule has 0 unspecified atom stereocenters. The summed E-state index contributed by atoms with van der Waals surface area (Å²) in [6.45, 7) is 1.93. The molecule has 0 saturated carbocycles. The van der Waals surface area contributed by atoms with E-state index >= 15 is 0 Å². The Kier molecular flexibility index (Phi) is 2.88. The average molecular weight is 293 g/mol. The Hall–Kier alpha value is -1.71. The first-order chi connectivity index (χ1) is 9.02. The molecule has 0 atom stereocenters. The lowest BCUT2D eigenvalue weighted by Gasteiger charge is -1.98. The van der Waals surface area contributed by atoms with Gasteiger partial charge in [-0.25, -0.2) is 4.98 Å². The lowest BCUT2D eigenvalue weighted by Crippen LogP contribution is -1.85. The van der Waals surface area contributed by atoms with Crippen molar-refractivity contribution >= 4 is 40.0 Å². The van der Waals surface area contributed by atoms with Gasteiger partial charge in [0, 0.05) is 21.3 Å². The number of nitrogen functional groups attached to an aromatic ring is 1. The van der Waals surface area contributed by atoms with Crippen molar-refractivity contribution in [2.24, 2.45) is 0 Å². The number of benzene rings is 2. The topological polar surface area (TPSA) is 52.0 Å². The van der Waals surface area contributed by atoms with Gasteiger partial charge in [-0.15, -0.1) is 0 Å². The summed E-state index contributed by atoms with van der Waals surface area (Å²) in [5, 5.41) is 1.09. The first-order valence-electron chi connectivity index (χ1n) is 5.66. The number of nitrogens with two attached hydrogens (primary N) is 1. The van der Waals surface area contributed by atoms with E-state index in [4.69, 9.17) is 33.4 Å². The molecule has 0 aliphatic heterocycles. The van der Waals surface area contributed by atoms with Gasteiger partial charge >= 0.3 is 0 Å². The minimum absolute atomic E-state index is 0.480. The van der Waals surface area contributed by atoms with Gasteiger partial charge in [0.25, 0.3) is 0 Å². The van der Waals surface area contributed by atoms with Crippen LogP contribution in [0.1, 0.15) is 5.56 Å². The molecular weight excluding hydrogens is 283 g/mol. The van der Waals surface area contributed by atoms with Crippen LogP contribution in [0.2, 0.25) is 10.0 Å². The maximum absolute atomic E-state index is 5.98. The van der Waals surface area contributed by atoms with Crippen molar-refractivity contribution in [1.29, 1.82) is 0 Å². The minimum atomic E-state index is 0.480. The van der Waals surface area contributed by atoms with E-state index in [1.165, 1.54) is 0 Å². The van der Waals surface area contributed by atoms with Gasteiger partial charge in [0.2, 0.25) is 5.89 Å². The average Bonchev–Trinajstić information content (AvgIpc) is 2.71. The standard InChI is InChI=1S/C14H10Cl2N2O/c1-7-2-11(17)6-12-13(7)19-14(18-12)8-3-9(15)5-10(16)4-8/h2-6H,17H2,1H3. The Balaban J connectivity index is 2.23. The van der Waals surface area contributed by atoms with Crippen LogP contribution in [-0.2, 0) is 0 Å². The first-order valence-corrected chi connectivity index (χ1v) is 6.41. The van der Waals surface area contributed by atoms with Gasteiger partial charge in [0.1, 0.15) is 5.52 Å². The second-order valence-electron chi connectivity index (χ2n) is 4.36. The third-order valence-corrected chi connectivity index (χ3v) is 3.24. The molecule has 0 radical (unpaired) electrons. The fraction of sp³-hybridized carbons (Fsp3) is 0.0714. The summed E-state index contributed by atoms with van der Waals surface area (Å²) in [4.78, 5) is 4.42. The normalized spacial score (nSPS) is 11.1. The van der Waals surface area contributed by atoms with Gasteiger partial charge in [-0.05, 0) is 42.8 Å². The smallest absolute Gasteiger partial charge is 0.227 e. The molecule has 0 bridgehead atoms. The van der Waals surface area contributed by atoms with Crippen LogP contribution in [0.15, 0.2) is 34.7 Å². The molecule has 1 heterocycles. The van der Waals surface area contributed by atoms with Crippen LogP contribution in [0.25, 0.3) is 22.6 Å². The second kappa shape index (κ2) is 4.44. The number of hydrogen-bond acceptors (Lipinski definition) is 3. The summed E-state index contributed by atoms with van der Waals surface area (Å²) in [5.41, 5.74) is 9.59. The van der Waals surface area contributed by atoms with Gasteiger partial charge < -0.3 is 10.2 Å². The molecule has 3 nitrogen and oxygen atoms in total. The lowest BCUT2D eigenvalue weighted by molar-refractivity contribution is 0.617. The highest BCUT2D eigenvalue weighted by Crippen LogP contribution is 2.31. The lowest BCUT2D eigenvalue weighted by atomic mass is 10.2. The second-order valence-corrected chi connectivity index (χ2v) is 5.24. The van der Waals surface area contributed by atoms with Crippen LogP contribution in [0, 0.1) is 6.92 Å². The number of fused-ring (bicyclic) bond motifs is 1. The first kappa shape index (κ1) is 12.3. The van der Waals surface area contributed by atoms with Crippen molar-refractivity contribution in [1.82, 2.24) is 4.98 Å². The van der Waals surface area contributed by atoms with Gasteiger partial charge in [0.05, 0.1) is 0 Å². The summed E-state index contributed by atoms with van der Waals surface area (Å²) in [5.74, 6) is 0.480. The number of oxazole rings is 1. The van der Waals surface area contributed by atoms with Gasteiger partial charge in [-0.2, -0.15) is 0 Å². The summed E-state index contributed by atoms with van der Waals surface area (Å²) < 4.78 is 5.77. The zero-order valence-electron chi connectivity index (χ0n) is 10.1. The largest absolute Gasteiger partial charge is 0.436 e. The fourth-order valence-electron chi connectivity index (χ4n) is 2.03. The van der Waals surface area contributed by atoms with E-state index in [-0.39, 0.29) is 0 Å². The highest BCUT2D eigenvalue weighted by atomic mass is 35.5. The predicted molar refractivity (Wildman–Crippen MR) is 78.6 cm³/mol. The molecule has 0 fully saturated rings. The Morgan fingerprint density at radius 2 is 1.74 bits per heavy atom. The summed E-state index contributed by atoms with van der Waals surface area (Å²) in [7, 11) is 0. The van der Waals surface area contributed by atoms with E-state index in [1.807, 2.05) is 13.0 Å². The molecule has 5 heteroatoms. The Labute approximate surface area is 119 Å². The SMILES string of the molecule is Cc1cc(N)cc2nc(-c3cc(Cl)cc(Cl)c3)oc12. The van der Waals surface area contributed by atoms with Crippen LogP contribution in [0.3, 0.4) is 0 Å². The number of halogens is 2. The van der Waals surface area contributed by atoms with E-state index in [0.29, 0.717) is 21.6 Å². The van der Waals surface area contributed by atoms with Gasteiger partial charge in [-0.3, -0.25) is 0 Å². The zero-order valence-corrected chi connectivity index (χ0v) is 11.6. The summed E-state index contributed by atoms with van der Waals surface area (Å²) in [6.07, 6.45) is 0. The van der Waals surface area contributed by atoms with Gasteiger partial charge in [-0.1, -0.05) is 23.2 Å². The summed E-state index contributed by atoms with van der Waals surface area (Å²) >= 11 is 12.0. The molecule has 96 valence electrons. The molecule has 0 aliphatic rings. The third kappa shape index (κ3) is 2.27. The van der Waals surface area contributed by atoms with E-state index < -0.39 is 0 Å². The molecule has 1 aromatic heterocycles. The van der Waals surface area contributed by atoms with E-state index in [9.17, 15) is 0 Å². The predicted octanol–water partition coefficient (Wildman–Crippen LogP) is 4.69. The van der Waals surface area contributed by atoms with E-state index in [0.717, 1.165) is 22.2 Å². The highest BCUT2D eigenvalue weighted by Gasteiger charge is 2.12. The van der Waals surface area contributed by atoms with Crippen molar-refractivity contribution in [3.63, 3.8) is 0 Å². The van der Waals surface area contributed by atoms with E-state index in [2.05, 4.69) is 4.98 Å². The quantitative estimate of drug-likeness (QED) is 0.662. The Bertz CT molecular complexity index is 760. The molecule has 0 saturated heterocycles. The molecule has 0 amide bonds. The number of nitrogens with zero attached hydrogens (tertiary/aromatic N) is 1. The highest BCUT2D eigenvalue weighted by molar-refractivity contribution is 6.35. The van der Waals surface area contributed by atoms with Crippen molar-refractivity contribution < 1.29 is 4.42 Å². The molecule has 19 heavy (non-hydrogen) atoms. The number of hydrogen-bond donors (Lipinski definition) is 1. The number of anilines is 1. The Morgan fingerprint density at radius 3 is 2.42 bits per heavy atom. The van der Waals surface area contributed by atoms with Crippen molar-refractivity contribution in [3.05, 3.63) is 45.9 Å². The maximum Gasteiger partial charge on any atom is 0.227 e. The summed E-state index contributed by atoms with van der Waals surface area (Å²) in [6, 6.07) is 8.82. The molecule has 3 aromatic rings. The molecular formula is C14H10Cl2N2O. The van der Waals surface area contributed by atoms with Crippen molar-refractivity contribution in [2.75, 3.05) is 5.73 Å². The molecule has 0 aliphatic carbocycles. The number of rotatable bonds is 1. The van der Waals surface area contributed by atoms with Crippen molar-refractivity contribution in [3.8, 4) is 11.5 Å². The Morgan fingerprint density at radius 1 is 1.05 bits per heavy atom. The minimum Gasteiger partial charge on any atom is -0.436 e. The number of aryl methyl sites for hydroxylation is 1. The molecule has 0 spiro atoms. The van der Waals surface area contributed by atoms with Crippen LogP contribution < -0.4 is 5.73 Å². The third-order valence-electron chi connectivity index (χ3n) is 2.81. The van der Waals surface area contributed by atoms with Crippen LogP contribution in [0.4, 0.5) is 5.69 Å². The van der Waals surface area contributed by atoms with E-state index in [1.54, 1.807) is 24.3 Å². The zero-order chi connectivity index (χ0) is 13.6. The van der Waals surface area contributed by atoms with Crippen LogP contribution in [-0.4, -0.2) is 4.98 Å². The van der Waals surface area contributed by atoms with Crippen LogP contribution in [0.5, 0.6) is 0 Å². The van der Waals surface area contributed by atoms with Crippen LogP contribution >= 0.6 is 23.2 Å². The van der Waals surface area contributed by atoms with Crippen molar-refractivity contribution in [2.45, 2.75) is 6.92 Å². The van der Waals surface area contributed by atoms with Gasteiger partial charge in [0.15, 0.2) is 5.58 Å². The molecule has 2 aromatic carbocycles. The monoisotopic (exact) mass is 292 g/mol. The molecule has 3 rings (SSSR count). The molecule has 2 N–H and O–H groups in total. The fourth-order valence-corrected chi connectivity index (χ4v) is 2.55. The maximum atomic E-state index is 5.98. The number of aromatic nitrogens is 1.